The first-order valence-electron chi connectivity index (χ1n) is 3.97. The molecule has 1 aliphatic carbocycles. The fourth-order valence-corrected chi connectivity index (χ4v) is 0.939. The lowest BCUT2D eigenvalue weighted by molar-refractivity contribution is -0.121. The van der Waals surface area contributed by atoms with Gasteiger partial charge in [-0.1, -0.05) is 6.92 Å². The van der Waals surface area contributed by atoms with Crippen molar-refractivity contribution in [3.63, 3.8) is 0 Å². The average molecular weight is 141 g/mol. The van der Waals surface area contributed by atoms with Gasteiger partial charge in [0.15, 0.2) is 0 Å². The van der Waals surface area contributed by atoms with E-state index in [-0.39, 0.29) is 11.4 Å². The molecular formula is C8H15NO. The maximum absolute atomic E-state index is 11.0. The van der Waals surface area contributed by atoms with Gasteiger partial charge in [-0.15, -0.1) is 0 Å². The topological polar surface area (TPSA) is 29.1 Å². The number of nitrogens with one attached hydrogen (secondary N) is 1. The van der Waals surface area contributed by atoms with E-state index < -0.39 is 0 Å². The summed E-state index contributed by atoms with van der Waals surface area (Å²) in [7, 11) is 0. The number of hydrogen-bond acceptors (Lipinski definition) is 1. The van der Waals surface area contributed by atoms with Crippen molar-refractivity contribution < 1.29 is 4.79 Å². The lowest BCUT2D eigenvalue weighted by Gasteiger charge is -2.09. The van der Waals surface area contributed by atoms with Gasteiger partial charge in [-0.05, 0) is 26.2 Å². The predicted molar refractivity (Wildman–Crippen MR) is 40.7 cm³/mol. The first-order valence-corrected chi connectivity index (χ1v) is 3.97. The van der Waals surface area contributed by atoms with Crippen molar-refractivity contribution in [3.8, 4) is 0 Å². The van der Waals surface area contributed by atoms with E-state index in [9.17, 15) is 4.79 Å². The first-order chi connectivity index (χ1) is 4.66. The van der Waals surface area contributed by atoms with E-state index in [1.165, 1.54) is 0 Å². The Bertz CT molecular complexity index is 138. The van der Waals surface area contributed by atoms with Crippen LogP contribution in [0.4, 0.5) is 0 Å². The monoisotopic (exact) mass is 141 g/mol. The third-order valence-corrected chi connectivity index (χ3v) is 1.92. The molecule has 0 radical (unpaired) electrons. The lowest BCUT2D eigenvalue weighted by atomic mass is 10.2. The normalized spacial score (nSPS) is 20.2. The SMILES string of the molecule is CCCC(=O)NC1(C)CC1. The molecule has 1 amide bonds. The Kier molecular flexibility index (Phi) is 1.97. The molecule has 1 rings (SSSR count). The van der Waals surface area contributed by atoms with Crippen molar-refractivity contribution in [1.82, 2.24) is 5.32 Å². The highest BCUT2D eigenvalue weighted by atomic mass is 16.1. The van der Waals surface area contributed by atoms with Gasteiger partial charge in [-0.2, -0.15) is 0 Å². The molecular weight excluding hydrogens is 126 g/mol. The van der Waals surface area contributed by atoms with Gasteiger partial charge in [-0.3, -0.25) is 4.79 Å². The van der Waals surface area contributed by atoms with Gasteiger partial charge in [0.1, 0.15) is 0 Å². The van der Waals surface area contributed by atoms with Gasteiger partial charge in [-0.25, -0.2) is 0 Å². The Morgan fingerprint density at radius 2 is 2.20 bits per heavy atom. The number of amides is 1. The van der Waals surface area contributed by atoms with Crippen LogP contribution in [-0.4, -0.2) is 11.4 Å². The van der Waals surface area contributed by atoms with Gasteiger partial charge < -0.3 is 5.32 Å². The van der Waals surface area contributed by atoms with E-state index in [4.69, 9.17) is 0 Å². The summed E-state index contributed by atoms with van der Waals surface area (Å²) in [6.45, 7) is 4.12. The average Bonchev–Trinajstić information content (AvgIpc) is 2.48. The second-order valence-electron chi connectivity index (χ2n) is 3.36. The van der Waals surface area contributed by atoms with Crippen molar-refractivity contribution in [2.24, 2.45) is 0 Å². The zero-order chi connectivity index (χ0) is 7.61. The molecule has 0 aromatic heterocycles. The van der Waals surface area contributed by atoms with Gasteiger partial charge in [0.05, 0.1) is 0 Å². The second-order valence-corrected chi connectivity index (χ2v) is 3.36. The van der Waals surface area contributed by atoms with E-state index in [0.717, 1.165) is 19.3 Å². The summed E-state index contributed by atoms with van der Waals surface area (Å²) in [6, 6.07) is 0. The maximum Gasteiger partial charge on any atom is 0.220 e. The van der Waals surface area contributed by atoms with Crippen LogP contribution in [-0.2, 0) is 4.79 Å². The Morgan fingerprint density at radius 1 is 1.60 bits per heavy atom. The van der Waals surface area contributed by atoms with Gasteiger partial charge in [0, 0.05) is 12.0 Å². The minimum atomic E-state index is 0.173. The Labute approximate surface area is 62.0 Å². The second kappa shape index (κ2) is 2.60. The van der Waals surface area contributed by atoms with Crippen LogP contribution in [0.3, 0.4) is 0 Å². The molecule has 0 spiro atoms. The third kappa shape index (κ3) is 2.01. The van der Waals surface area contributed by atoms with Crippen LogP contribution in [0.5, 0.6) is 0 Å². The fourth-order valence-electron chi connectivity index (χ4n) is 0.939. The molecule has 1 N–H and O–H groups in total. The first kappa shape index (κ1) is 7.58. The number of carbonyl (C=O) groups is 1. The molecule has 10 heavy (non-hydrogen) atoms. The minimum Gasteiger partial charge on any atom is -0.351 e. The molecule has 0 aliphatic heterocycles. The molecule has 0 aromatic carbocycles. The Morgan fingerprint density at radius 3 is 2.60 bits per heavy atom. The smallest absolute Gasteiger partial charge is 0.220 e. The molecule has 0 saturated heterocycles. The third-order valence-electron chi connectivity index (χ3n) is 1.92. The molecule has 0 bridgehead atoms. The van der Waals surface area contributed by atoms with E-state index in [2.05, 4.69) is 12.2 Å². The van der Waals surface area contributed by atoms with Gasteiger partial charge in [0.25, 0.3) is 0 Å². The number of rotatable bonds is 3. The quantitative estimate of drug-likeness (QED) is 0.633. The Hall–Kier alpha value is -0.530. The molecule has 0 aromatic rings. The molecule has 2 heteroatoms. The largest absolute Gasteiger partial charge is 0.351 e. The van der Waals surface area contributed by atoms with E-state index in [0.29, 0.717) is 6.42 Å². The van der Waals surface area contributed by atoms with Crippen molar-refractivity contribution in [2.75, 3.05) is 0 Å². The summed E-state index contributed by atoms with van der Waals surface area (Å²) in [5.74, 6) is 0.211. The summed E-state index contributed by atoms with van der Waals surface area (Å²) in [5.41, 5.74) is 0.173. The summed E-state index contributed by atoms with van der Waals surface area (Å²) in [6.07, 6.45) is 3.93. The lowest BCUT2D eigenvalue weighted by Crippen LogP contribution is -2.33. The van der Waals surface area contributed by atoms with E-state index in [1.807, 2.05) is 6.92 Å². The van der Waals surface area contributed by atoms with Gasteiger partial charge in [0.2, 0.25) is 5.91 Å². The number of hydrogen-bond donors (Lipinski definition) is 1. The molecule has 1 fully saturated rings. The molecule has 0 atom stereocenters. The Balaban J connectivity index is 2.18. The highest BCUT2D eigenvalue weighted by Gasteiger charge is 2.38. The summed E-state index contributed by atoms with van der Waals surface area (Å²) >= 11 is 0. The highest BCUT2D eigenvalue weighted by Crippen LogP contribution is 2.34. The molecule has 0 heterocycles. The molecule has 0 unspecified atom stereocenters. The van der Waals surface area contributed by atoms with E-state index in [1.54, 1.807) is 0 Å². The molecule has 58 valence electrons. The summed E-state index contributed by atoms with van der Waals surface area (Å²) in [4.78, 5) is 11.0. The van der Waals surface area contributed by atoms with Crippen molar-refractivity contribution in [2.45, 2.75) is 45.1 Å². The fraction of sp³-hybridized carbons (Fsp3) is 0.875. The maximum atomic E-state index is 11.0. The predicted octanol–water partition coefficient (Wildman–Crippen LogP) is 1.46. The van der Waals surface area contributed by atoms with Crippen LogP contribution in [0.1, 0.15) is 39.5 Å². The molecule has 1 aliphatic rings. The standard InChI is InChI=1S/C8H15NO/c1-3-4-7(10)9-8(2)5-6-8/h3-6H2,1-2H3,(H,9,10). The van der Waals surface area contributed by atoms with Crippen LogP contribution >= 0.6 is 0 Å². The zero-order valence-corrected chi connectivity index (χ0v) is 6.74. The number of carbonyl (C=O) groups excluding carboxylic acids is 1. The van der Waals surface area contributed by atoms with Crippen molar-refractivity contribution >= 4 is 5.91 Å². The van der Waals surface area contributed by atoms with E-state index >= 15 is 0 Å². The highest BCUT2D eigenvalue weighted by molar-refractivity contribution is 5.77. The van der Waals surface area contributed by atoms with Crippen LogP contribution < -0.4 is 5.32 Å². The summed E-state index contributed by atoms with van der Waals surface area (Å²) < 4.78 is 0. The van der Waals surface area contributed by atoms with Crippen LogP contribution in [0.15, 0.2) is 0 Å². The van der Waals surface area contributed by atoms with Crippen molar-refractivity contribution in [3.05, 3.63) is 0 Å². The minimum absolute atomic E-state index is 0.173. The molecule has 2 nitrogen and oxygen atoms in total. The summed E-state index contributed by atoms with van der Waals surface area (Å²) in [5, 5.41) is 2.99. The van der Waals surface area contributed by atoms with Crippen LogP contribution in [0.25, 0.3) is 0 Å². The zero-order valence-electron chi connectivity index (χ0n) is 6.74. The van der Waals surface area contributed by atoms with Gasteiger partial charge >= 0.3 is 0 Å². The van der Waals surface area contributed by atoms with Crippen LogP contribution in [0, 0.1) is 0 Å². The van der Waals surface area contributed by atoms with Crippen molar-refractivity contribution in [1.29, 1.82) is 0 Å². The molecule has 1 saturated carbocycles. The van der Waals surface area contributed by atoms with Crippen LogP contribution in [0.2, 0.25) is 0 Å².